The Morgan fingerprint density at radius 2 is 1.66 bits per heavy atom. The predicted molar refractivity (Wildman–Crippen MR) is 125 cm³/mol. The number of anilines is 2. The molecule has 164 valence electrons. The molecule has 2 heterocycles. The van der Waals surface area contributed by atoms with Crippen LogP contribution in [0.3, 0.4) is 0 Å². The Morgan fingerprint density at radius 1 is 1.00 bits per heavy atom. The van der Waals surface area contributed by atoms with Gasteiger partial charge in [-0.3, -0.25) is 4.79 Å². The molecule has 0 aromatic heterocycles. The van der Waals surface area contributed by atoms with Gasteiger partial charge < -0.3 is 20.6 Å². The molecule has 2 aliphatic rings. The smallest absolute Gasteiger partial charge is 0.221 e. The maximum absolute atomic E-state index is 14.5. The van der Waals surface area contributed by atoms with Crippen molar-refractivity contribution in [2.45, 2.75) is 31.8 Å². The molecule has 0 unspecified atom stereocenters. The molecule has 2 saturated heterocycles. The van der Waals surface area contributed by atoms with Crippen molar-refractivity contribution in [1.82, 2.24) is 5.32 Å². The number of halogens is 1. The second-order valence-electron chi connectivity index (χ2n) is 8.67. The molecular formula is C26H26FN3O2. The number of carbonyl (C=O) groups excluding carboxylic acids is 1. The maximum Gasteiger partial charge on any atom is 0.221 e. The molecule has 5 nitrogen and oxygen atoms in total. The van der Waals surface area contributed by atoms with Crippen LogP contribution in [0.2, 0.25) is 0 Å². The fraction of sp³-hybridized carbons (Fsp3) is 0.269. The third-order valence-electron chi connectivity index (χ3n) is 6.37. The molecule has 2 atom stereocenters. The number of nitrogens with zero attached hydrogens (tertiary/aromatic N) is 1. The zero-order valence-corrected chi connectivity index (χ0v) is 17.9. The van der Waals surface area contributed by atoms with Crippen molar-refractivity contribution in [2.75, 3.05) is 23.3 Å². The number of phenols is 1. The highest BCUT2D eigenvalue weighted by Crippen LogP contribution is 2.40. The van der Waals surface area contributed by atoms with Crippen molar-refractivity contribution in [2.24, 2.45) is 0 Å². The summed E-state index contributed by atoms with van der Waals surface area (Å²) in [7, 11) is 0. The summed E-state index contributed by atoms with van der Waals surface area (Å²) < 4.78 is 14.5. The molecule has 3 aromatic carbocycles. The average Bonchev–Trinajstić information content (AvgIpc) is 3.12. The van der Waals surface area contributed by atoms with Gasteiger partial charge in [-0.25, -0.2) is 4.39 Å². The molecular weight excluding hydrogens is 405 g/mol. The SMILES string of the molecule is CC(=O)Nc1ccc(-c2cccc(-c3cccc(N4C[C@H]5CC[C@H](C4)N5)c3)c2O)cc1F. The summed E-state index contributed by atoms with van der Waals surface area (Å²) in [5.74, 6) is -0.770. The summed E-state index contributed by atoms with van der Waals surface area (Å²) in [6, 6.07) is 19.4. The Hall–Kier alpha value is -3.38. The molecule has 2 fully saturated rings. The predicted octanol–water partition coefficient (Wildman–Crippen LogP) is 4.76. The van der Waals surface area contributed by atoms with Crippen LogP contribution in [0.15, 0.2) is 60.7 Å². The normalized spacial score (nSPS) is 19.8. The number of nitrogens with one attached hydrogen (secondary N) is 2. The lowest BCUT2D eigenvalue weighted by Crippen LogP contribution is -2.51. The van der Waals surface area contributed by atoms with Crippen LogP contribution >= 0.6 is 0 Å². The summed E-state index contributed by atoms with van der Waals surface area (Å²) in [4.78, 5) is 13.6. The van der Waals surface area contributed by atoms with Crippen LogP contribution < -0.4 is 15.5 Å². The summed E-state index contributed by atoms with van der Waals surface area (Å²) in [5.41, 5.74) is 3.98. The van der Waals surface area contributed by atoms with Crippen molar-refractivity contribution in [1.29, 1.82) is 0 Å². The molecule has 0 spiro atoms. The van der Waals surface area contributed by atoms with E-state index in [9.17, 15) is 14.3 Å². The minimum Gasteiger partial charge on any atom is -0.507 e. The van der Waals surface area contributed by atoms with Crippen LogP contribution in [0, 0.1) is 5.82 Å². The quantitative estimate of drug-likeness (QED) is 0.557. The second-order valence-corrected chi connectivity index (χ2v) is 8.67. The highest BCUT2D eigenvalue weighted by atomic mass is 19.1. The Labute approximate surface area is 186 Å². The largest absolute Gasteiger partial charge is 0.507 e. The van der Waals surface area contributed by atoms with Gasteiger partial charge in [0.15, 0.2) is 0 Å². The third-order valence-corrected chi connectivity index (χ3v) is 6.37. The van der Waals surface area contributed by atoms with Gasteiger partial charge in [0.05, 0.1) is 5.69 Å². The van der Waals surface area contributed by atoms with Crippen molar-refractivity contribution in [3.8, 4) is 28.0 Å². The summed E-state index contributed by atoms with van der Waals surface area (Å²) >= 11 is 0. The standard InChI is InChI=1S/C26H26FN3O2/c1-16(31)28-25-11-8-18(13-24(25)27)23-7-3-6-22(26(23)32)17-4-2-5-21(12-17)30-14-19-9-10-20(15-30)29-19/h2-8,11-13,19-20,29,32H,9-10,14-15H2,1H3,(H,28,31)/t19-,20-/m1/s1. The molecule has 2 aliphatic heterocycles. The first-order valence-electron chi connectivity index (χ1n) is 11.0. The van der Waals surface area contributed by atoms with Gasteiger partial charge in [-0.05, 0) is 48.2 Å². The van der Waals surface area contributed by atoms with Crippen molar-refractivity contribution < 1.29 is 14.3 Å². The van der Waals surface area contributed by atoms with E-state index < -0.39 is 5.82 Å². The van der Waals surface area contributed by atoms with E-state index in [-0.39, 0.29) is 17.3 Å². The van der Waals surface area contributed by atoms with Gasteiger partial charge in [0, 0.05) is 48.9 Å². The first-order valence-corrected chi connectivity index (χ1v) is 11.0. The fourth-order valence-electron chi connectivity index (χ4n) is 4.86. The first-order chi connectivity index (χ1) is 15.5. The van der Waals surface area contributed by atoms with Crippen molar-refractivity contribution >= 4 is 17.3 Å². The van der Waals surface area contributed by atoms with E-state index in [0.29, 0.717) is 28.8 Å². The van der Waals surface area contributed by atoms with E-state index >= 15 is 0 Å². The highest BCUT2D eigenvalue weighted by molar-refractivity contribution is 5.89. The third kappa shape index (κ3) is 3.94. The van der Waals surface area contributed by atoms with E-state index in [0.717, 1.165) is 24.3 Å². The number of hydrogen-bond acceptors (Lipinski definition) is 4. The molecule has 2 bridgehead atoms. The number of hydrogen-bond donors (Lipinski definition) is 3. The van der Waals surface area contributed by atoms with E-state index in [2.05, 4.69) is 27.7 Å². The Morgan fingerprint density at radius 3 is 2.31 bits per heavy atom. The molecule has 32 heavy (non-hydrogen) atoms. The zero-order chi connectivity index (χ0) is 22.2. The monoisotopic (exact) mass is 431 g/mol. The van der Waals surface area contributed by atoms with Gasteiger partial charge >= 0.3 is 0 Å². The van der Waals surface area contributed by atoms with Crippen LogP contribution in [-0.2, 0) is 4.79 Å². The van der Waals surface area contributed by atoms with Crippen LogP contribution in [-0.4, -0.2) is 36.2 Å². The molecule has 5 rings (SSSR count). The Bertz CT molecular complexity index is 1170. The van der Waals surface area contributed by atoms with E-state index in [1.54, 1.807) is 12.1 Å². The van der Waals surface area contributed by atoms with E-state index in [4.69, 9.17) is 0 Å². The minimum absolute atomic E-state index is 0.108. The topological polar surface area (TPSA) is 64.6 Å². The number of benzene rings is 3. The maximum atomic E-state index is 14.5. The highest BCUT2D eigenvalue weighted by Gasteiger charge is 2.32. The summed E-state index contributed by atoms with van der Waals surface area (Å²) in [6.07, 6.45) is 2.45. The van der Waals surface area contributed by atoms with Crippen LogP contribution in [0.1, 0.15) is 19.8 Å². The second kappa shape index (κ2) is 8.28. The van der Waals surface area contributed by atoms with E-state index in [1.165, 1.54) is 31.9 Å². The molecule has 0 saturated carbocycles. The van der Waals surface area contributed by atoms with Crippen LogP contribution in [0.5, 0.6) is 5.75 Å². The van der Waals surface area contributed by atoms with Crippen molar-refractivity contribution in [3.05, 3.63) is 66.5 Å². The average molecular weight is 432 g/mol. The van der Waals surface area contributed by atoms with Gasteiger partial charge in [-0.15, -0.1) is 0 Å². The number of piperazine rings is 1. The number of fused-ring (bicyclic) bond motifs is 2. The van der Waals surface area contributed by atoms with Gasteiger partial charge in [-0.1, -0.05) is 36.4 Å². The van der Waals surface area contributed by atoms with Crippen LogP contribution in [0.25, 0.3) is 22.3 Å². The Balaban J connectivity index is 1.47. The molecule has 0 radical (unpaired) electrons. The molecule has 3 aromatic rings. The van der Waals surface area contributed by atoms with Gasteiger partial charge in [0.25, 0.3) is 0 Å². The lowest BCUT2D eigenvalue weighted by molar-refractivity contribution is -0.114. The zero-order valence-electron chi connectivity index (χ0n) is 17.9. The van der Waals surface area contributed by atoms with E-state index in [1.807, 2.05) is 24.3 Å². The molecule has 1 amide bonds. The number of amides is 1. The number of carbonyl (C=O) groups is 1. The van der Waals surface area contributed by atoms with Crippen molar-refractivity contribution in [3.63, 3.8) is 0 Å². The summed E-state index contributed by atoms with van der Waals surface area (Å²) in [5, 5.41) is 17.2. The van der Waals surface area contributed by atoms with Crippen LogP contribution in [0.4, 0.5) is 15.8 Å². The van der Waals surface area contributed by atoms with Gasteiger partial charge in [0.1, 0.15) is 11.6 Å². The molecule has 3 N–H and O–H groups in total. The summed E-state index contributed by atoms with van der Waals surface area (Å²) in [6.45, 7) is 3.32. The lowest BCUT2D eigenvalue weighted by Gasteiger charge is -2.34. The number of phenolic OH excluding ortho intramolecular Hbond substituents is 1. The van der Waals surface area contributed by atoms with Gasteiger partial charge in [-0.2, -0.15) is 0 Å². The molecule has 6 heteroatoms. The fourth-order valence-corrected chi connectivity index (χ4v) is 4.86. The Kier molecular flexibility index (Phi) is 5.31. The lowest BCUT2D eigenvalue weighted by atomic mass is 9.96. The minimum atomic E-state index is -0.544. The number of rotatable bonds is 4. The first kappa shape index (κ1) is 20.5. The molecule has 0 aliphatic carbocycles. The number of para-hydroxylation sites is 1. The number of aromatic hydroxyl groups is 1. The van der Waals surface area contributed by atoms with Gasteiger partial charge in [0.2, 0.25) is 5.91 Å².